The molecular weight excluding hydrogens is 254 g/mol. The number of nitrogens with two attached hydrogens (primary N) is 1. The van der Waals surface area contributed by atoms with E-state index >= 15 is 0 Å². The molecule has 2 aromatic rings. The molecule has 0 saturated carbocycles. The molecule has 1 aliphatic heterocycles. The van der Waals surface area contributed by atoms with Gasteiger partial charge in [-0.2, -0.15) is 0 Å². The van der Waals surface area contributed by atoms with Gasteiger partial charge in [0.05, 0.1) is 10.9 Å². The largest absolute Gasteiger partial charge is 0.383 e. The quantitative estimate of drug-likeness (QED) is 0.862. The zero-order valence-corrected chi connectivity index (χ0v) is 10.7. The maximum atomic E-state index is 5.96. The Bertz CT molecular complexity index is 536. The third-order valence-electron chi connectivity index (χ3n) is 2.76. The minimum atomic E-state index is 0. The molecule has 0 spiro atoms. The van der Waals surface area contributed by atoms with E-state index in [4.69, 9.17) is 5.73 Å². The first-order valence-electron chi connectivity index (χ1n) is 5.14. The number of hydrogen-bond acceptors (Lipinski definition) is 4. The van der Waals surface area contributed by atoms with E-state index in [1.54, 1.807) is 17.5 Å². The van der Waals surface area contributed by atoms with Crippen molar-refractivity contribution in [2.45, 2.75) is 12.5 Å². The number of fused-ring (bicyclic) bond motifs is 1. The average molecular weight is 266 g/mol. The van der Waals surface area contributed by atoms with E-state index in [9.17, 15) is 0 Å². The van der Waals surface area contributed by atoms with Crippen LogP contribution in [0.5, 0.6) is 0 Å². The van der Waals surface area contributed by atoms with E-state index in [-0.39, 0.29) is 18.4 Å². The number of nitrogens with zero attached hydrogens (tertiary/aromatic N) is 2. The molecule has 3 rings (SSSR count). The second-order valence-electron chi connectivity index (χ2n) is 3.80. The Labute approximate surface area is 110 Å². The lowest BCUT2D eigenvalue weighted by Crippen LogP contribution is -2.21. The number of pyridine rings is 1. The maximum absolute atomic E-state index is 5.96. The predicted molar refractivity (Wildman–Crippen MR) is 73.0 cm³/mol. The zero-order valence-electron chi connectivity index (χ0n) is 9.04. The molecular formula is C12H12ClN3S. The summed E-state index contributed by atoms with van der Waals surface area (Å²) < 4.78 is 0. The van der Waals surface area contributed by atoms with Crippen LogP contribution in [0.1, 0.15) is 22.0 Å². The highest BCUT2D eigenvalue weighted by Gasteiger charge is 2.21. The van der Waals surface area contributed by atoms with Crippen molar-refractivity contribution in [1.82, 2.24) is 4.98 Å². The normalized spacial score (nSPS) is 17.9. The van der Waals surface area contributed by atoms with Crippen LogP contribution in [0.15, 0.2) is 41.0 Å². The van der Waals surface area contributed by atoms with Gasteiger partial charge in [-0.3, -0.25) is 9.98 Å². The Hall–Kier alpha value is -1.39. The van der Waals surface area contributed by atoms with Gasteiger partial charge in [0, 0.05) is 18.8 Å². The molecule has 0 aliphatic carbocycles. The third kappa shape index (κ3) is 2.18. The summed E-state index contributed by atoms with van der Waals surface area (Å²) in [5.74, 6) is 0.658. The first-order valence-corrected chi connectivity index (χ1v) is 6.02. The lowest BCUT2D eigenvalue weighted by atomic mass is 9.98. The predicted octanol–water partition coefficient (Wildman–Crippen LogP) is 2.57. The molecule has 3 heterocycles. The number of halogens is 1. The summed E-state index contributed by atoms with van der Waals surface area (Å²) in [6.07, 6.45) is 4.56. The van der Waals surface area contributed by atoms with Crippen LogP contribution in [0.25, 0.3) is 0 Å². The van der Waals surface area contributed by atoms with Gasteiger partial charge in [0.15, 0.2) is 0 Å². The molecule has 2 aromatic heterocycles. The molecule has 0 radical (unpaired) electrons. The van der Waals surface area contributed by atoms with Crippen LogP contribution < -0.4 is 5.73 Å². The molecule has 5 heteroatoms. The number of amidine groups is 1. The first-order chi connectivity index (χ1) is 7.84. The van der Waals surface area contributed by atoms with Gasteiger partial charge in [-0.1, -0.05) is 6.07 Å². The summed E-state index contributed by atoms with van der Waals surface area (Å²) in [4.78, 5) is 9.78. The van der Waals surface area contributed by atoms with Crippen molar-refractivity contribution in [2.24, 2.45) is 10.7 Å². The third-order valence-corrected chi connectivity index (χ3v) is 3.74. The zero-order chi connectivity index (χ0) is 11.0. The van der Waals surface area contributed by atoms with Gasteiger partial charge in [-0.25, -0.2) is 0 Å². The van der Waals surface area contributed by atoms with Crippen molar-refractivity contribution >= 4 is 29.6 Å². The van der Waals surface area contributed by atoms with Crippen LogP contribution >= 0.6 is 23.7 Å². The van der Waals surface area contributed by atoms with Gasteiger partial charge >= 0.3 is 0 Å². The van der Waals surface area contributed by atoms with Crippen molar-refractivity contribution in [1.29, 1.82) is 0 Å². The molecule has 1 aliphatic rings. The molecule has 0 fully saturated rings. The lowest BCUT2D eigenvalue weighted by molar-refractivity contribution is 0.710. The molecule has 0 saturated heterocycles. The van der Waals surface area contributed by atoms with Gasteiger partial charge in [-0.15, -0.1) is 23.7 Å². The average Bonchev–Trinajstić information content (AvgIpc) is 2.79. The molecule has 88 valence electrons. The first kappa shape index (κ1) is 12.1. The fourth-order valence-electron chi connectivity index (χ4n) is 1.97. The van der Waals surface area contributed by atoms with Gasteiger partial charge in [-0.05, 0) is 28.6 Å². The molecule has 2 N–H and O–H groups in total. The summed E-state index contributed by atoms with van der Waals surface area (Å²) in [5.41, 5.74) is 8.38. The lowest BCUT2D eigenvalue weighted by Gasteiger charge is -2.18. The van der Waals surface area contributed by atoms with Crippen LogP contribution in [-0.4, -0.2) is 10.8 Å². The van der Waals surface area contributed by atoms with Gasteiger partial charge in [0.25, 0.3) is 0 Å². The standard InChI is InChI=1S/C12H11N3S.ClH/c13-12-11-8(3-5-16-11)6-10(15-12)9-2-1-4-14-7-9;/h1-5,7,10H,6H2,(H2,13,15);1H. The Balaban J connectivity index is 0.00000108. The Morgan fingerprint density at radius 3 is 3.00 bits per heavy atom. The number of thiophene rings is 1. The van der Waals surface area contributed by atoms with E-state index < -0.39 is 0 Å². The molecule has 1 unspecified atom stereocenters. The fraction of sp³-hybridized carbons (Fsp3) is 0.167. The van der Waals surface area contributed by atoms with E-state index in [2.05, 4.69) is 21.4 Å². The van der Waals surface area contributed by atoms with Crippen LogP contribution in [0.2, 0.25) is 0 Å². The summed E-state index contributed by atoms with van der Waals surface area (Å²) in [7, 11) is 0. The van der Waals surface area contributed by atoms with Crippen molar-refractivity contribution in [3.63, 3.8) is 0 Å². The van der Waals surface area contributed by atoms with Crippen LogP contribution in [0.4, 0.5) is 0 Å². The monoisotopic (exact) mass is 265 g/mol. The second-order valence-corrected chi connectivity index (χ2v) is 4.71. The van der Waals surface area contributed by atoms with Gasteiger partial charge in [0.1, 0.15) is 5.84 Å². The smallest absolute Gasteiger partial charge is 0.136 e. The summed E-state index contributed by atoms with van der Waals surface area (Å²) in [5, 5.41) is 2.07. The molecule has 0 bridgehead atoms. The highest BCUT2D eigenvalue weighted by molar-refractivity contribution is 7.12. The second kappa shape index (κ2) is 4.85. The Morgan fingerprint density at radius 1 is 1.35 bits per heavy atom. The van der Waals surface area contributed by atoms with Gasteiger partial charge < -0.3 is 5.73 Å². The minimum Gasteiger partial charge on any atom is -0.383 e. The number of hydrogen-bond donors (Lipinski definition) is 1. The Kier molecular flexibility index (Phi) is 3.45. The van der Waals surface area contributed by atoms with Crippen molar-refractivity contribution < 1.29 is 0 Å². The molecule has 3 nitrogen and oxygen atoms in total. The highest BCUT2D eigenvalue weighted by atomic mass is 35.5. The summed E-state index contributed by atoms with van der Waals surface area (Å²) in [6, 6.07) is 6.23. The van der Waals surface area contributed by atoms with Crippen molar-refractivity contribution in [3.8, 4) is 0 Å². The van der Waals surface area contributed by atoms with E-state index in [0.717, 1.165) is 16.9 Å². The minimum absolute atomic E-state index is 0. The molecule has 1 atom stereocenters. The van der Waals surface area contributed by atoms with E-state index in [1.165, 1.54) is 5.56 Å². The van der Waals surface area contributed by atoms with Crippen LogP contribution in [-0.2, 0) is 6.42 Å². The van der Waals surface area contributed by atoms with E-state index in [0.29, 0.717) is 5.84 Å². The van der Waals surface area contributed by atoms with Crippen molar-refractivity contribution in [2.75, 3.05) is 0 Å². The SMILES string of the molecule is Cl.NC1=NC(c2cccnc2)Cc2ccsc21. The maximum Gasteiger partial charge on any atom is 0.136 e. The number of aliphatic imine (C=N–C) groups is 1. The van der Waals surface area contributed by atoms with Crippen molar-refractivity contribution in [3.05, 3.63) is 52.0 Å². The topological polar surface area (TPSA) is 51.3 Å². The van der Waals surface area contributed by atoms with Gasteiger partial charge in [0.2, 0.25) is 0 Å². The molecule has 17 heavy (non-hydrogen) atoms. The molecule has 0 amide bonds. The highest BCUT2D eigenvalue weighted by Crippen LogP contribution is 2.30. The summed E-state index contributed by atoms with van der Waals surface area (Å²) >= 11 is 1.66. The molecule has 0 aromatic carbocycles. The van der Waals surface area contributed by atoms with Crippen LogP contribution in [0.3, 0.4) is 0 Å². The Morgan fingerprint density at radius 2 is 2.24 bits per heavy atom. The fourth-order valence-corrected chi connectivity index (χ4v) is 2.81. The number of rotatable bonds is 1. The summed E-state index contributed by atoms with van der Waals surface area (Å²) in [6.45, 7) is 0. The van der Waals surface area contributed by atoms with Crippen LogP contribution in [0, 0.1) is 0 Å². The number of aromatic nitrogens is 1. The van der Waals surface area contributed by atoms with E-state index in [1.807, 2.05) is 18.3 Å².